The van der Waals surface area contributed by atoms with Crippen LogP contribution in [0, 0.1) is 23.7 Å². The van der Waals surface area contributed by atoms with Gasteiger partial charge in [-0.05, 0) is 105 Å². The van der Waals surface area contributed by atoms with Gasteiger partial charge in [-0.1, -0.05) is 18.6 Å². The van der Waals surface area contributed by atoms with Crippen LogP contribution in [-0.2, 0) is 0 Å². The largest absolute Gasteiger partial charge is 0.491 e. The fourth-order valence-corrected chi connectivity index (χ4v) is 6.94. The lowest BCUT2D eigenvalue weighted by atomic mass is 9.51. The highest BCUT2D eigenvalue weighted by molar-refractivity contribution is 5.31. The Labute approximate surface area is 164 Å². The predicted octanol–water partition coefficient (Wildman–Crippen LogP) is 4.45. The summed E-state index contributed by atoms with van der Waals surface area (Å²) in [5, 5.41) is 10.3. The molecule has 0 spiro atoms. The molecule has 4 bridgehead atoms. The number of nitrogens with zero attached hydrogens (tertiary/aromatic N) is 1. The molecule has 0 amide bonds. The first kappa shape index (κ1) is 18.0. The number of aliphatic hydroxyl groups excluding tert-OH is 1. The van der Waals surface area contributed by atoms with Crippen LogP contribution in [0.15, 0.2) is 24.3 Å². The fourth-order valence-electron chi connectivity index (χ4n) is 6.94. The van der Waals surface area contributed by atoms with Crippen molar-refractivity contribution in [3.8, 4) is 5.75 Å². The van der Waals surface area contributed by atoms with Gasteiger partial charge >= 0.3 is 0 Å². The second-order valence-corrected chi connectivity index (χ2v) is 9.85. The third-order valence-corrected chi connectivity index (χ3v) is 7.85. The molecule has 27 heavy (non-hydrogen) atoms. The maximum Gasteiger partial charge on any atom is 0.119 e. The third kappa shape index (κ3) is 3.91. The van der Waals surface area contributed by atoms with Crippen LogP contribution in [0.2, 0.25) is 0 Å². The van der Waals surface area contributed by atoms with Gasteiger partial charge in [0.15, 0.2) is 0 Å². The van der Waals surface area contributed by atoms with Crippen LogP contribution < -0.4 is 4.74 Å². The van der Waals surface area contributed by atoms with Gasteiger partial charge in [0.2, 0.25) is 0 Å². The number of hydrogen-bond donors (Lipinski definition) is 1. The Morgan fingerprint density at radius 2 is 1.52 bits per heavy atom. The number of piperidine rings is 1. The molecule has 0 radical (unpaired) electrons. The maximum absolute atomic E-state index is 10.3. The van der Waals surface area contributed by atoms with Crippen molar-refractivity contribution in [2.24, 2.45) is 23.7 Å². The summed E-state index contributed by atoms with van der Waals surface area (Å²) in [6.07, 6.45) is 10.9. The van der Waals surface area contributed by atoms with Crippen molar-refractivity contribution in [2.45, 2.75) is 63.4 Å². The lowest BCUT2D eigenvalue weighted by Gasteiger charge is -2.54. The smallest absolute Gasteiger partial charge is 0.119 e. The second kappa shape index (κ2) is 7.75. The topological polar surface area (TPSA) is 32.7 Å². The van der Waals surface area contributed by atoms with Gasteiger partial charge in [-0.25, -0.2) is 0 Å². The Kier molecular flexibility index (Phi) is 5.17. The molecule has 1 saturated heterocycles. The van der Waals surface area contributed by atoms with Gasteiger partial charge in [-0.15, -0.1) is 0 Å². The number of ether oxygens (including phenoxy) is 1. The molecule has 3 nitrogen and oxygen atoms in total. The van der Waals surface area contributed by atoms with E-state index < -0.39 is 6.10 Å². The molecule has 1 atom stereocenters. The van der Waals surface area contributed by atoms with Crippen LogP contribution in [0.25, 0.3) is 0 Å². The highest BCUT2D eigenvalue weighted by Gasteiger charge is 2.48. The summed E-state index contributed by atoms with van der Waals surface area (Å²) in [4.78, 5) is 2.37. The van der Waals surface area contributed by atoms with Crippen molar-refractivity contribution in [3.05, 3.63) is 29.8 Å². The van der Waals surface area contributed by atoms with E-state index in [0.717, 1.165) is 55.0 Å². The van der Waals surface area contributed by atoms with Crippen molar-refractivity contribution in [2.75, 3.05) is 26.2 Å². The Balaban J connectivity index is 1.15. The summed E-state index contributed by atoms with van der Waals surface area (Å²) in [7, 11) is 0. The fraction of sp³-hybridized carbons (Fsp3) is 0.750. The van der Waals surface area contributed by atoms with Crippen molar-refractivity contribution in [1.82, 2.24) is 4.90 Å². The Morgan fingerprint density at radius 3 is 2.15 bits per heavy atom. The average Bonchev–Trinajstić information content (AvgIpc) is 2.67. The molecule has 1 aliphatic heterocycles. The number of likely N-dealkylation sites (tertiary alicyclic amines) is 1. The standard InChI is InChI=1S/C24H35NO2/c26-22(15-25-8-2-1-3-9-25)16-27-23-6-4-19(5-7-23)24-20-11-17-10-18(13-20)14-21(24)12-17/h4-7,17-18,20-22,24,26H,1-3,8-16H2. The van der Waals surface area contributed by atoms with E-state index in [-0.39, 0.29) is 0 Å². The molecule has 148 valence electrons. The minimum absolute atomic E-state index is 0.396. The molecule has 5 fully saturated rings. The summed E-state index contributed by atoms with van der Waals surface area (Å²) in [6, 6.07) is 8.88. The second-order valence-electron chi connectivity index (χ2n) is 9.85. The zero-order valence-electron chi connectivity index (χ0n) is 16.6. The monoisotopic (exact) mass is 369 g/mol. The van der Waals surface area contributed by atoms with Crippen molar-refractivity contribution in [1.29, 1.82) is 0 Å². The summed E-state index contributed by atoms with van der Waals surface area (Å²) >= 11 is 0. The van der Waals surface area contributed by atoms with Gasteiger partial charge in [0.05, 0.1) is 0 Å². The summed E-state index contributed by atoms with van der Waals surface area (Å²) in [5.41, 5.74) is 1.53. The Morgan fingerprint density at radius 1 is 0.889 bits per heavy atom. The van der Waals surface area contributed by atoms with E-state index in [4.69, 9.17) is 4.74 Å². The van der Waals surface area contributed by atoms with Crippen LogP contribution in [0.4, 0.5) is 0 Å². The summed E-state index contributed by atoms with van der Waals surface area (Å²) in [5.74, 6) is 5.62. The van der Waals surface area contributed by atoms with Crippen molar-refractivity contribution >= 4 is 0 Å². The number of aliphatic hydroxyl groups is 1. The molecular weight excluding hydrogens is 334 g/mol. The van der Waals surface area contributed by atoms with E-state index in [9.17, 15) is 5.11 Å². The zero-order valence-corrected chi connectivity index (χ0v) is 16.6. The lowest BCUT2D eigenvalue weighted by molar-refractivity contribution is -0.00280. The maximum atomic E-state index is 10.3. The molecule has 4 saturated carbocycles. The molecule has 1 aromatic carbocycles. The van der Waals surface area contributed by atoms with Crippen LogP contribution in [0.3, 0.4) is 0 Å². The molecule has 1 heterocycles. The lowest BCUT2D eigenvalue weighted by Crippen LogP contribution is -2.43. The van der Waals surface area contributed by atoms with Gasteiger partial charge in [-0.3, -0.25) is 0 Å². The SMILES string of the molecule is OC(COc1ccc(C2C3CC4CC(C3)CC2C4)cc1)CN1CCCCC1. The average molecular weight is 370 g/mol. The quantitative estimate of drug-likeness (QED) is 0.804. The van der Waals surface area contributed by atoms with E-state index in [1.807, 2.05) is 0 Å². The van der Waals surface area contributed by atoms with Gasteiger partial charge in [0, 0.05) is 6.54 Å². The minimum atomic E-state index is -0.396. The molecule has 4 aliphatic carbocycles. The number of β-amino-alcohol motifs (C(OH)–C–C–N with tert-alkyl or cyclic N) is 1. The molecule has 1 aromatic rings. The Hall–Kier alpha value is -1.06. The molecular formula is C24H35NO2. The third-order valence-electron chi connectivity index (χ3n) is 7.85. The highest BCUT2D eigenvalue weighted by Crippen LogP contribution is 2.59. The van der Waals surface area contributed by atoms with E-state index in [2.05, 4.69) is 29.2 Å². The normalized spacial score (nSPS) is 36.7. The minimum Gasteiger partial charge on any atom is -0.491 e. The van der Waals surface area contributed by atoms with Gasteiger partial charge < -0.3 is 14.7 Å². The first-order valence-corrected chi connectivity index (χ1v) is 11.4. The van der Waals surface area contributed by atoms with Crippen molar-refractivity contribution in [3.63, 3.8) is 0 Å². The molecule has 1 unspecified atom stereocenters. The van der Waals surface area contributed by atoms with Crippen molar-refractivity contribution < 1.29 is 9.84 Å². The number of hydrogen-bond acceptors (Lipinski definition) is 3. The van der Waals surface area contributed by atoms with Crippen LogP contribution in [0.5, 0.6) is 5.75 Å². The number of rotatable bonds is 6. The molecule has 3 heteroatoms. The van der Waals surface area contributed by atoms with Crippen LogP contribution in [-0.4, -0.2) is 42.4 Å². The van der Waals surface area contributed by atoms with Gasteiger partial charge in [-0.2, -0.15) is 0 Å². The highest BCUT2D eigenvalue weighted by atomic mass is 16.5. The van der Waals surface area contributed by atoms with Gasteiger partial charge in [0.25, 0.3) is 0 Å². The van der Waals surface area contributed by atoms with E-state index in [1.54, 1.807) is 0 Å². The number of benzene rings is 1. The van der Waals surface area contributed by atoms with E-state index in [1.165, 1.54) is 56.9 Å². The van der Waals surface area contributed by atoms with Crippen LogP contribution >= 0.6 is 0 Å². The van der Waals surface area contributed by atoms with Gasteiger partial charge in [0.1, 0.15) is 18.5 Å². The summed E-state index contributed by atoms with van der Waals surface area (Å²) < 4.78 is 5.89. The molecule has 6 rings (SSSR count). The molecule has 1 N–H and O–H groups in total. The zero-order chi connectivity index (χ0) is 18.2. The molecule has 0 aromatic heterocycles. The molecule has 5 aliphatic rings. The Bertz CT molecular complexity index is 594. The predicted molar refractivity (Wildman–Crippen MR) is 108 cm³/mol. The van der Waals surface area contributed by atoms with Crippen LogP contribution in [0.1, 0.15) is 62.8 Å². The summed E-state index contributed by atoms with van der Waals surface area (Å²) in [6.45, 7) is 3.38. The first-order chi connectivity index (χ1) is 13.2. The van der Waals surface area contributed by atoms with E-state index >= 15 is 0 Å². The first-order valence-electron chi connectivity index (χ1n) is 11.4. The van der Waals surface area contributed by atoms with E-state index in [0.29, 0.717) is 6.61 Å².